The van der Waals surface area contributed by atoms with E-state index in [9.17, 15) is 0 Å². The van der Waals surface area contributed by atoms with Crippen molar-refractivity contribution in [3.8, 4) is 0 Å². The average molecular weight is 247 g/mol. The zero-order valence-electron chi connectivity index (χ0n) is 11.4. The summed E-state index contributed by atoms with van der Waals surface area (Å²) in [6.07, 6.45) is 1.26. The van der Waals surface area contributed by atoms with Crippen LogP contribution in [0.1, 0.15) is 24.5 Å². The van der Waals surface area contributed by atoms with E-state index in [1.807, 2.05) is 0 Å². The van der Waals surface area contributed by atoms with Gasteiger partial charge in [0.15, 0.2) is 0 Å². The Bertz CT molecular complexity index is 357. The van der Waals surface area contributed by atoms with Crippen molar-refractivity contribution in [1.29, 1.82) is 0 Å². The number of nitrogens with two attached hydrogens (primary N) is 1. The monoisotopic (exact) mass is 247 g/mol. The Morgan fingerprint density at radius 3 is 2.39 bits per heavy atom. The van der Waals surface area contributed by atoms with Crippen LogP contribution >= 0.6 is 0 Å². The molecule has 0 spiro atoms. The maximum atomic E-state index is 5.68. The second kappa shape index (κ2) is 6.88. The van der Waals surface area contributed by atoms with Gasteiger partial charge in [-0.05, 0) is 24.1 Å². The first-order chi connectivity index (χ1) is 8.81. The summed E-state index contributed by atoms with van der Waals surface area (Å²) < 4.78 is 0. The summed E-state index contributed by atoms with van der Waals surface area (Å²) in [5.41, 5.74) is 8.31. The maximum absolute atomic E-state index is 5.68. The van der Waals surface area contributed by atoms with Crippen molar-refractivity contribution in [3.63, 3.8) is 0 Å². The van der Waals surface area contributed by atoms with Gasteiger partial charge in [-0.15, -0.1) is 0 Å². The topological polar surface area (TPSA) is 32.5 Å². The molecule has 2 N–H and O–H groups in total. The minimum atomic E-state index is 0.637. The van der Waals surface area contributed by atoms with Crippen LogP contribution in [0.2, 0.25) is 0 Å². The first kappa shape index (κ1) is 13.5. The lowest BCUT2D eigenvalue weighted by atomic mass is 10.1. The van der Waals surface area contributed by atoms with Crippen molar-refractivity contribution in [3.05, 3.63) is 35.4 Å². The molecule has 1 aromatic rings. The number of benzene rings is 1. The molecular weight excluding hydrogens is 222 g/mol. The highest BCUT2D eigenvalue weighted by molar-refractivity contribution is 5.23. The third kappa shape index (κ3) is 3.80. The van der Waals surface area contributed by atoms with E-state index in [0.717, 1.165) is 6.54 Å². The predicted octanol–water partition coefficient (Wildman–Crippen LogP) is 1.67. The van der Waals surface area contributed by atoms with Crippen LogP contribution in [0, 0.1) is 0 Å². The first-order valence-electron chi connectivity index (χ1n) is 7.04. The summed E-state index contributed by atoms with van der Waals surface area (Å²) in [6, 6.07) is 8.66. The molecule has 0 unspecified atom stereocenters. The van der Waals surface area contributed by atoms with E-state index in [0.29, 0.717) is 6.54 Å². The molecule has 1 aromatic carbocycles. The van der Waals surface area contributed by atoms with Gasteiger partial charge in [-0.2, -0.15) is 0 Å². The molecule has 0 atom stereocenters. The summed E-state index contributed by atoms with van der Waals surface area (Å²) in [7, 11) is 0. The molecule has 0 amide bonds. The van der Waals surface area contributed by atoms with E-state index in [1.165, 1.54) is 50.3 Å². The molecule has 0 radical (unpaired) electrons. The molecule has 3 heteroatoms. The molecule has 2 rings (SSSR count). The molecule has 0 bridgehead atoms. The van der Waals surface area contributed by atoms with Crippen LogP contribution in [-0.4, -0.2) is 42.5 Å². The van der Waals surface area contributed by atoms with Crippen LogP contribution in [0.15, 0.2) is 24.3 Å². The largest absolute Gasteiger partial charge is 0.326 e. The minimum absolute atomic E-state index is 0.637. The van der Waals surface area contributed by atoms with Gasteiger partial charge in [0.1, 0.15) is 0 Å². The molecule has 0 saturated carbocycles. The van der Waals surface area contributed by atoms with Crippen molar-refractivity contribution in [2.45, 2.75) is 26.4 Å². The third-order valence-corrected chi connectivity index (χ3v) is 3.64. The maximum Gasteiger partial charge on any atom is 0.0234 e. The van der Waals surface area contributed by atoms with Gasteiger partial charge >= 0.3 is 0 Å². The van der Waals surface area contributed by atoms with Gasteiger partial charge in [0.05, 0.1) is 0 Å². The Hall–Kier alpha value is -0.900. The molecular formula is C15H25N3. The predicted molar refractivity (Wildman–Crippen MR) is 76.3 cm³/mol. The second-order valence-corrected chi connectivity index (χ2v) is 5.14. The molecule has 1 saturated heterocycles. The van der Waals surface area contributed by atoms with Gasteiger partial charge in [0.2, 0.25) is 0 Å². The van der Waals surface area contributed by atoms with Crippen LogP contribution in [0.3, 0.4) is 0 Å². The quantitative estimate of drug-likeness (QED) is 0.859. The van der Waals surface area contributed by atoms with Crippen molar-refractivity contribution >= 4 is 0 Å². The lowest BCUT2D eigenvalue weighted by molar-refractivity contribution is 0.127. The van der Waals surface area contributed by atoms with Crippen LogP contribution in [0.5, 0.6) is 0 Å². The van der Waals surface area contributed by atoms with Gasteiger partial charge < -0.3 is 10.6 Å². The lowest BCUT2D eigenvalue weighted by Crippen LogP contribution is -2.45. The molecule has 100 valence electrons. The van der Waals surface area contributed by atoms with E-state index >= 15 is 0 Å². The number of rotatable bonds is 5. The zero-order chi connectivity index (χ0) is 12.8. The van der Waals surface area contributed by atoms with Gasteiger partial charge in [-0.1, -0.05) is 31.2 Å². The fourth-order valence-corrected chi connectivity index (χ4v) is 2.60. The van der Waals surface area contributed by atoms with Crippen LogP contribution in [0.25, 0.3) is 0 Å². The van der Waals surface area contributed by atoms with Gasteiger partial charge in [0.25, 0.3) is 0 Å². The van der Waals surface area contributed by atoms with Crippen molar-refractivity contribution in [2.24, 2.45) is 5.73 Å². The van der Waals surface area contributed by atoms with Gasteiger partial charge in [-0.25, -0.2) is 0 Å². The van der Waals surface area contributed by atoms with Crippen LogP contribution in [0.4, 0.5) is 0 Å². The summed E-state index contributed by atoms with van der Waals surface area (Å²) in [4.78, 5) is 5.11. The Morgan fingerprint density at radius 2 is 1.72 bits per heavy atom. The molecule has 18 heavy (non-hydrogen) atoms. The fraction of sp³-hybridized carbons (Fsp3) is 0.600. The molecule has 1 heterocycles. The summed E-state index contributed by atoms with van der Waals surface area (Å²) in [5.74, 6) is 0. The van der Waals surface area contributed by atoms with Gasteiger partial charge in [-0.3, -0.25) is 4.90 Å². The average Bonchev–Trinajstić information content (AvgIpc) is 2.42. The molecule has 1 aliphatic rings. The lowest BCUT2D eigenvalue weighted by Gasteiger charge is -2.34. The van der Waals surface area contributed by atoms with E-state index < -0.39 is 0 Å². The molecule has 1 aliphatic heterocycles. The number of piperazine rings is 1. The highest BCUT2D eigenvalue weighted by Gasteiger charge is 2.15. The Kier molecular flexibility index (Phi) is 5.17. The zero-order valence-corrected chi connectivity index (χ0v) is 11.4. The Morgan fingerprint density at radius 1 is 1.06 bits per heavy atom. The molecule has 3 nitrogen and oxygen atoms in total. The van der Waals surface area contributed by atoms with E-state index in [2.05, 4.69) is 41.0 Å². The smallest absolute Gasteiger partial charge is 0.0234 e. The Labute approximate surface area is 111 Å². The third-order valence-electron chi connectivity index (χ3n) is 3.64. The molecule has 1 fully saturated rings. The fourth-order valence-electron chi connectivity index (χ4n) is 2.60. The first-order valence-corrected chi connectivity index (χ1v) is 7.04. The highest BCUT2D eigenvalue weighted by atomic mass is 15.3. The minimum Gasteiger partial charge on any atom is -0.326 e. The van der Waals surface area contributed by atoms with E-state index in [4.69, 9.17) is 5.73 Å². The second-order valence-electron chi connectivity index (χ2n) is 5.14. The normalized spacial score (nSPS) is 18.1. The number of hydrogen-bond donors (Lipinski definition) is 1. The number of hydrogen-bond acceptors (Lipinski definition) is 3. The van der Waals surface area contributed by atoms with E-state index in [1.54, 1.807) is 0 Å². The molecule has 0 aromatic heterocycles. The van der Waals surface area contributed by atoms with E-state index in [-0.39, 0.29) is 0 Å². The highest BCUT2D eigenvalue weighted by Crippen LogP contribution is 2.10. The van der Waals surface area contributed by atoms with Crippen molar-refractivity contribution in [1.82, 2.24) is 9.80 Å². The summed E-state index contributed by atoms with van der Waals surface area (Å²) >= 11 is 0. The molecule has 0 aliphatic carbocycles. The SMILES string of the molecule is CCCN1CCN(Cc2cccc(CN)c2)CC1. The van der Waals surface area contributed by atoms with Crippen molar-refractivity contribution in [2.75, 3.05) is 32.7 Å². The number of nitrogens with zero attached hydrogens (tertiary/aromatic N) is 2. The van der Waals surface area contributed by atoms with Crippen molar-refractivity contribution < 1.29 is 0 Å². The standard InChI is InChI=1S/C15H25N3/c1-2-6-17-7-9-18(10-8-17)13-15-5-3-4-14(11-15)12-16/h3-5,11H,2,6-10,12-13,16H2,1H3. The summed E-state index contributed by atoms with van der Waals surface area (Å²) in [6.45, 7) is 10.0. The summed E-state index contributed by atoms with van der Waals surface area (Å²) in [5, 5.41) is 0. The van der Waals surface area contributed by atoms with Gasteiger partial charge in [0, 0.05) is 39.3 Å². The Balaban J connectivity index is 1.83. The van der Waals surface area contributed by atoms with Crippen LogP contribution < -0.4 is 5.73 Å². The van der Waals surface area contributed by atoms with Crippen LogP contribution in [-0.2, 0) is 13.1 Å².